The van der Waals surface area contributed by atoms with Crippen LogP contribution in [0.25, 0.3) is 0 Å². The summed E-state index contributed by atoms with van der Waals surface area (Å²) in [5, 5.41) is 0. The third-order valence-electron chi connectivity index (χ3n) is 4.42. The maximum absolute atomic E-state index is 2.63. The second kappa shape index (κ2) is 4.85. The predicted molar refractivity (Wildman–Crippen MR) is 73.5 cm³/mol. The van der Waals surface area contributed by atoms with Gasteiger partial charge in [0.1, 0.15) is 12.2 Å². The molecule has 0 N–H and O–H groups in total. The molecule has 0 aromatic carbocycles. The lowest BCUT2D eigenvalue weighted by atomic mass is 10.1. The van der Waals surface area contributed by atoms with E-state index in [1.807, 2.05) is 0 Å². The van der Waals surface area contributed by atoms with Gasteiger partial charge < -0.3 is 4.90 Å². The van der Waals surface area contributed by atoms with E-state index >= 15 is 0 Å². The van der Waals surface area contributed by atoms with Crippen molar-refractivity contribution in [2.24, 2.45) is 0 Å². The Balaban J connectivity index is 2.39. The second-order valence-electron chi connectivity index (χ2n) is 5.99. The van der Waals surface area contributed by atoms with E-state index in [-0.39, 0.29) is 0 Å². The molecule has 0 saturated carbocycles. The van der Waals surface area contributed by atoms with Crippen molar-refractivity contribution in [3.8, 4) is 0 Å². The fourth-order valence-corrected chi connectivity index (χ4v) is 2.97. The van der Waals surface area contributed by atoms with E-state index in [2.05, 4.69) is 45.0 Å². The molecular weight excluding hydrogens is 208 g/mol. The maximum Gasteiger partial charge on any atom is 0.132 e. The summed E-state index contributed by atoms with van der Waals surface area (Å²) in [4.78, 5) is 2.63. The van der Waals surface area contributed by atoms with Crippen molar-refractivity contribution in [2.75, 3.05) is 27.2 Å². The zero-order chi connectivity index (χ0) is 12.5. The highest BCUT2D eigenvalue weighted by Gasteiger charge is 2.34. The predicted octanol–water partition coefficient (Wildman–Crippen LogP) is 3.13. The number of hydrogen-bond acceptors (Lipinski definition) is 1. The third-order valence-corrected chi connectivity index (χ3v) is 4.42. The van der Waals surface area contributed by atoms with Crippen molar-refractivity contribution >= 4 is 0 Å². The van der Waals surface area contributed by atoms with Crippen LogP contribution in [0.15, 0.2) is 23.5 Å². The lowest BCUT2D eigenvalue weighted by Gasteiger charge is -2.44. The molecule has 2 heteroatoms. The highest BCUT2D eigenvalue weighted by atomic mass is 15.4. The third kappa shape index (κ3) is 2.42. The minimum Gasteiger partial charge on any atom is -0.359 e. The average Bonchev–Trinajstić information content (AvgIpc) is 2.54. The highest BCUT2D eigenvalue weighted by Crippen LogP contribution is 2.32. The molecule has 0 bridgehead atoms. The van der Waals surface area contributed by atoms with Crippen molar-refractivity contribution in [1.29, 1.82) is 0 Å². The van der Waals surface area contributed by atoms with Gasteiger partial charge in [0.05, 0.1) is 26.3 Å². The molecule has 2 rings (SSSR count). The Kier molecular flexibility index (Phi) is 3.62. The Morgan fingerprint density at radius 2 is 2.18 bits per heavy atom. The lowest BCUT2D eigenvalue weighted by Crippen LogP contribution is -2.52. The summed E-state index contributed by atoms with van der Waals surface area (Å²) in [6.07, 6.45) is 9.80. The van der Waals surface area contributed by atoms with Crippen molar-refractivity contribution < 1.29 is 4.48 Å². The Labute approximate surface area is 106 Å². The van der Waals surface area contributed by atoms with Crippen molar-refractivity contribution in [3.05, 3.63) is 23.5 Å². The van der Waals surface area contributed by atoms with E-state index in [0.717, 1.165) is 4.48 Å². The number of nitrogens with zero attached hydrogens (tertiary/aromatic N) is 2. The Morgan fingerprint density at radius 1 is 1.41 bits per heavy atom. The summed E-state index contributed by atoms with van der Waals surface area (Å²) in [7, 11) is 4.73. The lowest BCUT2D eigenvalue weighted by molar-refractivity contribution is -0.857. The first-order valence-electron chi connectivity index (χ1n) is 7.06. The van der Waals surface area contributed by atoms with Gasteiger partial charge in [-0.1, -0.05) is 13.0 Å². The summed E-state index contributed by atoms with van der Waals surface area (Å²) < 4.78 is 1.09. The van der Waals surface area contributed by atoms with E-state index in [0.29, 0.717) is 6.04 Å². The number of rotatable bonds is 2. The van der Waals surface area contributed by atoms with Crippen LogP contribution in [-0.4, -0.2) is 42.6 Å². The van der Waals surface area contributed by atoms with Crippen LogP contribution >= 0.6 is 0 Å². The standard InChI is InChI=1S/C15H27N2/c1-5-13(2)16-11-12-17(3,4)15-10-8-6-7-9-14(15)16/h7,9,13H,5-6,8,10-12H2,1-4H3/q+1. The topological polar surface area (TPSA) is 3.24 Å². The molecule has 1 aliphatic heterocycles. The molecule has 0 aromatic heterocycles. The van der Waals surface area contributed by atoms with Gasteiger partial charge in [0.2, 0.25) is 0 Å². The second-order valence-corrected chi connectivity index (χ2v) is 5.99. The van der Waals surface area contributed by atoms with E-state index in [1.165, 1.54) is 44.5 Å². The largest absolute Gasteiger partial charge is 0.359 e. The molecule has 17 heavy (non-hydrogen) atoms. The molecule has 0 spiro atoms. The highest BCUT2D eigenvalue weighted by molar-refractivity contribution is 5.25. The summed E-state index contributed by atoms with van der Waals surface area (Å²) in [5.41, 5.74) is 3.17. The first-order chi connectivity index (χ1) is 8.06. The van der Waals surface area contributed by atoms with Crippen LogP contribution in [0.5, 0.6) is 0 Å². The van der Waals surface area contributed by atoms with Crippen LogP contribution in [0.4, 0.5) is 0 Å². The Bertz CT molecular complexity index is 339. The molecule has 1 atom stereocenters. The number of hydrogen-bond donors (Lipinski definition) is 0. The molecule has 0 aromatic rings. The maximum atomic E-state index is 2.63. The molecule has 2 nitrogen and oxygen atoms in total. The first-order valence-corrected chi connectivity index (χ1v) is 7.06. The molecule has 1 heterocycles. The van der Waals surface area contributed by atoms with E-state index in [4.69, 9.17) is 0 Å². The van der Waals surface area contributed by atoms with Gasteiger partial charge in [-0.25, -0.2) is 0 Å². The molecule has 2 aliphatic rings. The molecule has 1 unspecified atom stereocenters. The molecule has 0 radical (unpaired) electrons. The first kappa shape index (κ1) is 12.7. The van der Waals surface area contributed by atoms with Gasteiger partial charge in [0.15, 0.2) is 0 Å². The van der Waals surface area contributed by atoms with Crippen LogP contribution in [0.2, 0.25) is 0 Å². The van der Waals surface area contributed by atoms with Gasteiger partial charge >= 0.3 is 0 Å². The SMILES string of the molecule is CCC(C)N1CC[N+](C)(C)C2=C1C=CCCC2. The molecule has 0 saturated heterocycles. The minimum absolute atomic E-state index is 0.669. The van der Waals surface area contributed by atoms with E-state index < -0.39 is 0 Å². The molecule has 0 fully saturated rings. The zero-order valence-electron chi connectivity index (χ0n) is 11.9. The molecule has 0 amide bonds. The fraction of sp³-hybridized carbons (Fsp3) is 0.733. The average molecular weight is 235 g/mol. The summed E-state index contributed by atoms with van der Waals surface area (Å²) in [6.45, 7) is 7.09. The fourth-order valence-electron chi connectivity index (χ4n) is 2.97. The van der Waals surface area contributed by atoms with Gasteiger partial charge in [-0.05, 0) is 32.3 Å². The van der Waals surface area contributed by atoms with Crippen molar-refractivity contribution in [2.45, 2.75) is 45.6 Å². The molecular formula is C15H27N2+. The van der Waals surface area contributed by atoms with Gasteiger partial charge in [0.25, 0.3) is 0 Å². The number of allylic oxidation sites excluding steroid dienone is 3. The minimum atomic E-state index is 0.669. The van der Waals surface area contributed by atoms with E-state index in [1.54, 1.807) is 5.70 Å². The monoisotopic (exact) mass is 235 g/mol. The van der Waals surface area contributed by atoms with Crippen LogP contribution in [0.1, 0.15) is 39.5 Å². The van der Waals surface area contributed by atoms with Crippen LogP contribution in [-0.2, 0) is 0 Å². The molecule has 96 valence electrons. The number of likely N-dealkylation sites (N-methyl/N-ethyl adjacent to an activating group) is 1. The van der Waals surface area contributed by atoms with Crippen LogP contribution in [0, 0.1) is 0 Å². The van der Waals surface area contributed by atoms with Crippen LogP contribution in [0.3, 0.4) is 0 Å². The Morgan fingerprint density at radius 3 is 2.88 bits per heavy atom. The quantitative estimate of drug-likeness (QED) is 0.665. The Hall–Kier alpha value is -0.760. The summed E-state index contributed by atoms with van der Waals surface area (Å²) >= 11 is 0. The van der Waals surface area contributed by atoms with Crippen LogP contribution < -0.4 is 0 Å². The van der Waals surface area contributed by atoms with E-state index in [9.17, 15) is 0 Å². The van der Waals surface area contributed by atoms with Crippen molar-refractivity contribution in [3.63, 3.8) is 0 Å². The zero-order valence-corrected chi connectivity index (χ0v) is 11.9. The van der Waals surface area contributed by atoms with Gasteiger partial charge in [-0.3, -0.25) is 4.48 Å². The summed E-state index contributed by atoms with van der Waals surface area (Å²) in [6, 6.07) is 0.669. The van der Waals surface area contributed by atoms with Gasteiger partial charge in [0, 0.05) is 12.5 Å². The van der Waals surface area contributed by atoms with Crippen molar-refractivity contribution in [1.82, 2.24) is 4.90 Å². The van der Waals surface area contributed by atoms with Gasteiger partial charge in [-0.2, -0.15) is 0 Å². The number of quaternary nitrogens is 1. The normalized spacial score (nSPS) is 25.5. The smallest absolute Gasteiger partial charge is 0.132 e. The molecule has 1 aliphatic carbocycles. The summed E-state index contributed by atoms with van der Waals surface area (Å²) in [5.74, 6) is 0. The van der Waals surface area contributed by atoms with Gasteiger partial charge in [-0.15, -0.1) is 0 Å².